The molecule has 0 bridgehead atoms. The number of hydrogen-bond donors (Lipinski definition) is 1. The first-order chi connectivity index (χ1) is 12.2. The van der Waals surface area contributed by atoms with Crippen LogP contribution in [-0.2, 0) is 6.54 Å². The van der Waals surface area contributed by atoms with E-state index in [1.54, 1.807) is 6.20 Å². The van der Waals surface area contributed by atoms with Gasteiger partial charge in [-0.2, -0.15) is 9.61 Å². The molecule has 1 aliphatic carbocycles. The van der Waals surface area contributed by atoms with Crippen molar-refractivity contribution in [3.8, 4) is 0 Å². The third-order valence-electron chi connectivity index (χ3n) is 5.36. The average Bonchev–Trinajstić information content (AvgIpc) is 3.02. The normalized spacial score (nSPS) is 20.7. The Kier molecular flexibility index (Phi) is 4.38. The van der Waals surface area contributed by atoms with E-state index in [-0.39, 0.29) is 0 Å². The van der Waals surface area contributed by atoms with E-state index in [0.29, 0.717) is 11.8 Å². The molecule has 3 aromatic heterocycles. The Bertz CT molecular complexity index is 855. The molecule has 2 atom stereocenters. The molecule has 1 fully saturated rings. The Balaban J connectivity index is 1.69. The standard InChI is InChI=1S/C20H25N5/c1-14-6-3-4-8-17(14)18-10-19(22-13-16-7-5-9-21-12-16)25-20(24-18)15(2)11-23-25/h5,7,9-12,14,17,22H,3-4,6,8,13H2,1-2H3. The van der Waals surface area contributed by atoms with Gasteiger partial charge in [-0.15, -0.1) is 0 Å². The van der Waals surface area contributed by atoms with Crippen molar-refractivity contribution in [1.82, 2.24) is 19.6 Å². The summed E-state index contributed by atoms with van der Waals surface area (Å²) in [6, 6.07) is 6.24. The maximum atomic E-state index is 4.97. The van der Waals surface area contributed by atoms with Gasteiger partial charge in [0.2, 0.25) is 0 Å². The summed E-state index contributed by atoms with van der Waals surface area (Å²) in [5.74, 6) is 2.25. The monoisotopic (exact) mass is 335 g/mol. The third kappa shape index (κ3) is 3.23. The highest BCUT2D eigenvalue weighted by Gasteiger charge is 2.25. The summed E-state index contributed by atoms with van der Waals surface area (Å²) in [5, 5.41) is 8.04. The number of hydrogen-bond acceptors (Lipinski definition) is 4. The highest BCUT2D eigenvalue weighted by atomic mass is 15.3. The molecule has 3 heterocycles. The lowest BCUT2D eigenvalue weighted by molar-refractivity contribution is 0.325. The number of anilines is 1. The molecule has 130 valence electrons. The minimum Gasteiger partial charge on any atom is -0.366 e. The van der Waals surface area contributed by atoms with Crippen LogP contribution in [0.15, 0.2) is 36.8 Å². The summed E-state index contributed by atoms with van der Waals surface area (Å²) >= 11 is 0. The molecule has 0 spiro atoms. The fraction of sp³-hybridized carbons (Fsp3) is 0.450. The smallest absolute Gasteiger partial charge is 0.160 e. The molecule has 3 aromatic rings. The molecule has 1 saturated carbocycles. The Morgan fingerprint density at radius 2 is 2.12 bits per heavy atom. The Morgan fingerprint density at radius 3 is 2.92 bits per heavy atom. The van der Waals surface area contributed by atoms with Gasteiger partial charge < -0.3 is 5.32 Å². The first kappa shape index (κ1) is 16.1. The van der Waals surface area contributed by atoms with E-state index in [4.69, 9.17) is 4.98 Å². The molecule has 0 saturated heterocycles. The van der Waals surface area contributed by atoms with Crippen molar-refractivity contribution in [3.05, 3.63) is 53.6 Å². The molecule has 4 rings (SSSR count). The maximum absolute atomic E-state index is 4.97. The van der Waals surface area contributed by atoms with Gasteiger partial charge in [0.1, 0.15) is 5.82 Å². The van der Waals surface area contributed by atoms with Crippen LogP contribution in [0.3, 0.4) is 0 Å². The zero-order valence-electron chi connectivity index (χ0n) is 14.9. The van der Waals surface area contributed by atoms with Crippen LogP contribution in [0.5, 0.6) is 0 Å². The van der Waals surface area contributed by atoms with Crippen molar-refractivity contribution >= 4 is 11.5 Å². The van der Waals surface area contributed by atoms with E-state index < -0.39 is 0 Å². The van der Waals surface area contributed by atoms with E-state index >= 15 is 0 Å². The van der Waals surface area contributed by atoms with Gasteiger partial charge in [0.25, 0.3) is 0 Å². The molecule has 0 radical (unpaired) electrons. The molecule has 25 heavy (non-hydrogen) atoms. The van der Waals surface area contributed by atoms with Crippen molar-refractivity contribution < 1.29 is 0 Å². The van der Waals surface area contributed by atoms with Crippen LogP contribution < -0.4 is 5.32 Å². The van der Waals surface area contributed by atoms with Gasteiger partial charge in [-0.1, -0.05) is 32.3 Å². The quantitative estimate of drug-likeness (QED) is 0.770. The lowest BCUT2D eigenvalue weighted by atomic mass is 9.78. The van der Waals surface area contributed by atoms with E-state index in [1.807, 2.05) is 23.0 Å². The van der Waals surface area contributed by atoms with Crippen molar-refractivity contribution in [1.29, 1.82) is 0 Å². The van der Waals surface area contributed by atoms with E-state index in [1.165, 1.54) is 31.4 Å². The zero-order chi connectivity index (χ0) is 17.2. The fourth-order valence-electron chi connectivity index (χ4n) is 3.86. The highest BCUT2D eigenvalue weighted by Crippen LogP contribution is 2.37. The molecule has 1 aliphatic rings. The SMILES string of the molecule is Cc1cnn2c(NCc3cccnc3)cc(C3CCCCC3C)nc12. The first-order valence-electron chi connectivity index (χ1n) is 9.20. The van der Waals surface area contributed by atoms with E-state index in [0.717, 1.165) is 29.1 Å². The first-order valence-corrected chi connectivity index (χ1v) is 9.20. The molecule has 0 aromatic carbocycles. The minimum absolute atomic E-state index is 0.548. The van der Waals surface area contributed by atoms with Gasteiger partial charge in [0, 0.05) is 42.2 Å². The molecule has 5 heteroatoms. The number of nitrogens with one attached hydrogen (secondary N) is 1. The van der Waals surface area contributed by atoms with Crippen molar-refractivity contribution in [3.63, 3.8) is 0 Å². The van der Waals surface area contributed by atoms with Crippen LogP contribution in [0, 0.1) is 12.8 Å². The Labute approximate surface area is 148 Å². The van der Waals surface area contributed by atoms with Crippen molar-refractivity contribution in [2.45, 2.75) is 52.0 Å². The maximum Gasteiger partial charge on any atom is 0.160 e. The molecule has 0 amide bonds. The van der Waals surface area contributed by atoms with E-state index in [9.17, 15) is 0 Å². The molecule has 5 nitrogen and oxygen atoms in total. The van der Waals surface area contributed by atoms with Crippen LogP contribution in [0.1, 0.15) is 55.3 Å². The lowest BCUT2D eigenvalue weighted by Crippen LogP contribution is -2.17. The minimum atomic E-state index is 0.548. The van der Waals surface area contributed by atoms with Gasteiger partial charge in [-0.3, -0.25) is 4.98 Å². The summed E-state index contributed by atoms with van der Waals surface area (Å²) in [7, 11) is 0. The highest BCUT2D eigenvalue weighted by molar-refractivity contribution is 5.54. The van der Waals surface area contributed by atoms with Crippen molar-refractivity contribution in [2.75, 3.05) is 5.32 Å². The second-order valence-corrected chi connectivity index (χ2v) is 7.21. The second kappa shape index (κ2) is 6.82. The Hall–Kier alpha value is -2.43. The molecule has 0 aliphatic heterocycles. The molecular formula is C20H25N5. The number of fused-ring (bicyclic) bond motifs is 1. The largest absolute Gasteiger partial charge is 0.366 e. The number of aromatic nitrogens is 4. The van der Waals surface area contributed by atoms with Gasteiger partial charge in [-0.05, 0) is 30.9 Å². The third-order valence-corrected chi connectivity index (χ3v) is 5.36. The fourth-order valence-corrected chi connectivity index (χ4v) is 3.86. The molecule has 2 unspecified atom stereocenters. The van der Waals surface area contributed by atoms with Gasteiger partial charge in [0.05, 0.1) is 6.20 Å². The summed E-state index contributed by atoms with van der Waals surface area (Å²) in [4.78, 5) is 9.16. The lowest BCUT2D eigenvalue weighted by Gasteiger charge is -2.28. The van der Waals surface area contributed by atoms with Gasteiger partial charge >= 0.3 is 0 Å². The Morgan fingerprint density at radius 1 is 1.24 bits per heavy atom. The van der Waals surface area contributed by atoms with E-state index in [2.05, 4.69) is 41.4 Å². The number of rotatable bonds is 4. The van der Waals surface area contributed by atoms with Crippen LogP contribution >= 0.6 is 0 Å². The topological polar surface area (TPSA) is 55.1 Å². The predicted molar refractivity (Wildman–Crippen MR) is 99.7 cm³/mol. The average molecular weight is 335 g/mol. The van der Waals surface area contributed by atoms with Crippen LogP contribution in [-0.4, -0.2) is 19.6 Å². The predicted octanol–water partition coefficient (Wildman–Crippen LogP) is 4.34. The molecule has 1 N–H and O–H groups in total. The summed E-state index contributed by atoms with van der Waals surface area (Å²) in [6.07, 6.45) is 10.8. The van der Waals surface area contributed by atoms with Crippen LogP contribution in [0.25, 0.3) is 5.65 Å². The number of pyridine rings is 1. The number of aryl methyl sites for hydroxylation is 1. The zero-order valence-corrected chi connectivity index (χ0v) is 14.9. The number of nitrogens with zero attached hydrogens (tertiary/aromatic N) is 4. The van der Waals surface area contributed by atoms with Crippen molar-refractivity contribution in [2.24, 2.45) is 5.92 Å². The second-order valence-electron chi connectivity index (χ2n) is 7.21. The van der Waals surface area contributed by atoms with Gasteiger partial charge in [-0.25, -0.2) is 4.98 Å². The summed E-state index contributed by atoms with van der Waals surface area (Å²) in [5.41, 5.74) is 4.44. The summed E-state index contributed by atoms with van der Waals surface area (Å²) in [6.45, 7) is 5.17. The summed E-state index contributed by atoms with van der Waals surface area (Å²) < 4.78 is 1.92. The van der Waals surface area contributed by atoms with Crippen LogP contribution in [0.2, 0.25) is 0 Å². The van der Waals surface area contributed by atoms with Gasteiger partial charge in [0.15, 0.2) is 5.65 Å². The molecular weight excluding hydrogens is 310 g/mol. The van der Waals surface area contributed by atoms with Crippen LogP contribution in [0.4, 0.5) is 5.82 Å².